The maximum Gasteiger partial charge on any atom is 0.333 e. The second-order valence-electron chi connectivity index (χ2n) is 4.10. The number of hydrogen-bond donors (Lipinski definition) is 2. The summed E-state index contributed by atoms with van der Waals surface area (Å²) in [4.78, 5) is 11.0. The molecule has 16 heavy (non-hydrogen) atoms. The molecule has 4 N–H and O–H groups in total. The summed E-state index contributed by atoms with van der Waals surface area (Å²) in [7, 11) is 0. The molecule has 0 radical (unpaired) electrons. The summed E-state index contributed by atoms with van der Waals surface area (Å²) in [5.41, 5.74) is 11.7. The maximum absolute atomic E-state index is 11.0. The molecule has 0 amide bonds. The highest BCUT2D eigenvalue weighted by atomic mass is 16.5. The minimum atomic E-state index is -0.338. The van der Waals surface area contributed by atoms with Gasteiger partial charge in [0.25, 0.3) is 0 Å². The van der Waals surface area contributed by atoms with Gasteiger partial charge in [0, 0.05) is 11.6 Å². The summed E-state index contributed by atoms with van der Waals surface area (Å²) in [5.74, 6) is -0.338. The Hall–Kier alpha value is -0.870. The molecule has 0 aromatic carbocycles. The van der Waals surface area contributed by atoms with Gasteiger partial charge >= 0.3 is 5.97 Å². The molecule has 0 aliphatic rings. The van der Waals surface area contributed by atoms with Crippen LogP contribution in [0.15, 0.2) is 12.2 Å². The summed E-state index contributed by atoms with van der Waals surface area (Å²) in [6, 6.07) is 0.107. The second-order valence-corrected chi connectivity index (χ2v) is 4.10. The van der Waals surface area contributed by atoms with Crippen molar-refractivity contribution in [3.05, 3.63) is 12.2 Å². The lowest BCUT2D eigenvalue weighted by molar-refractivity contribution is -0.139. The van der Waals surface area contributed by atoms with Crippen LogP contribution in [0.4, 0.5) is 0 Å². The summed E-state index contributed by atoms with van der Waals surface area (Å²) >= 11 is 0. The summed E-state index contributed by atoms with van der Waals surface area (Å²) in [6.45, 7) is 6.26. The summed E-state index contributed by atoms with van der Waals surface area (Å²) in [6.07, 6.45) is 4.94. The Morgan fingerprint density at radius 1 is 1.31 bits per heavy atom. The van der Waals surface area contributed by atoms with Gasteiger partial charge in [-0.05, 0) is 32.7 Å². The van der Waals surface area contributed by atoms with Crippen LogP contribution in [0.2, 0.25) is 0 Å². The van der Waals surface area contributed by atoms with Gasteiger partial charge in [0.2, 0.25) is 0 Å². The predicted octanol–water partition coefficient (Wildman–Crippen LogP) is 1.34. The Morgan fingerprint density at radius 3 is 2.56 bits per heavy atom. The Labute approximate surface area is 98.0 Å². The van der Waals surface area contributed by atoms with Crippen LogP contribution in [0, 0.1) is 0 Å². The van der Waals surface area contributed by atoms with Crippen molar-refractivity contribution in [2.75, 3.05) is 13.2 Å². The monoisotopic (exact) mass is 228 g/mol. The smallest absolute Gasteiger partial charge is 0.333 e. The van der Waals surface area contributed by atoms with Gasteiger partial charge in [0.05, 0.1) is 6.61 Å². The number of esters is 1. The molecule has 94 valence electrons. The molecule has 1 atom stereocenters. The number of hydrogen-bond acceptors (Lipinski definition) is 4. The van der Waals surface area contributed by atoms with Crippen LogP contribution in [0.1, 0.15) is 39.0 Å². The molecule has 0 saturated carbocycles. The molecule has 1 unspecified atom stereocenters. The van der Waals surface area contributed by atoms with E-state index in [0.29, 0.717) is 18.6 Å². The van der Waals surface area contributed by atoms with E-state index in [9.17, 15) is 4.79 Å². The number of carbonyl (C=O) groups is 1. The van der Waals surface area contributed by atoms with Gasteiger partial charge in [0.1, 0.15) is 0 Å². The minimum absolute atomic E-state index is 0.107. The third-order valence-electron chi connectivity index (χ3n) is 2.35. The van der Waals surface area contributed by atoms with Crippen molar-refractivity contribution >= 4 is 5.97 Å². The first kappa shape index (κ1) is 15.1. The lowest BCUT2D eigenvalue weighted by Gasteiger charge is -2.11. The predicted molar refractivity (Wildman–Crippen MR) is 65.9 cm³/mol. The summed E-state index contributed by atoms with van der Waals surface area (Å²) < 4.78 is 4.96. The van der Waals surface area contributed by atoms with Gasteiger partial charge in [-0.1, -0.05) is 19.4 Å². The fourth-order valence-electron chi connectivity index (χ4n) is 1.30. The van der Waals surface area contributed by atoms with E-state index in [2.05, 4.69) is 6.58 Å². The van der Waals surface area contributed by atoms with E-state index in [-0.39, 0.29) is 12.0 Å². The van der Waals surface area contributed by atoms with Crippen molar-refractivity contribution in [2.45, 2.75) is 45.1 Å². The Kier molecular flexibility index (Phi) is 8.85. The molecule has 0 spiro atoms. The molecule has 0 heterocycles. The number of nitrogens with two attached hydrogens (primary N) is 2. The van der Waals surface area contributed by atoms with Crippen molar-refractivity contribution in [1.29, 1.82) is 0 Å². The molecule has 4 nitrogen and oxygen atoms in total. The molecule has 0 fully saturated rings. The van der Waals surface area contributed by atoms with Gasteiger partial charge in [0.15, 0.2) is 0 Å². The van der Waals surface area contributed by atoms with Crippen molar-refractivity contribution in [3.63, 3.8) is 0 Å². The molecular formula is C12H24N2O2. The Morgan fingerprint density at radius 2 is 2.00 bits per heavy atom. The van der Waals surface area contributed by atoms with E-state index in [4.69, 9.17) is 16.2 Å². The topological polar surface area (TPSA) is 78.3 Å². The zero-order valence-electron chi connectivity index (χ0n) is 10.2. The molecule has 0 aliphatic heterocycles. The fraction of sp³-hybridized carbons (Fsp3) is 0.750. The minimum Gasteiger partial charge on any atom is -0.462 e. The quantitative estimate of drug-likeness (QED) is 0.354. The standard InChI is InChI=1S/C12H24N2O2/c1-10(2)12(15)16-9-7-11(14)6-4-3-5-8-13/h11H,1,3-9,13-14H2,2H3. The van der Waals surface area contributed by atoms with E-state index in [1.54, 1.807) is 6.92 Å². The first-order valence-electron chi connectivity index (χ1n) is 5.86. The van der Waals surface area contributed by atoms with Crippen molar-refractivity contribution in [2.24, 2.45) is 11.5 Å². The largest absolute Gasteiger partial charge is 0.462 e. The molecule has 0 bridgehead atoms. The van der Waals surface area contributed by atoms with Crippen LogP contribution >= 0.6 is 0 Å². The molecular weight excluding hydrogens is 204 g/mol. The first-order valence-corrected chi connectivity index (χ1v) is 5.86. The normalized spacial score (nSPS) is 12.2. The van der Waals surface area contributed by atoms with Crippen LogP contribution in [0.3, 0.4) is 0 Å². The first-order chi connectivity index (χ1) is 7.57. The van der Waals surface area contributed by atoms with E-state index >= 15 is 0 Å². The number of unbranched alkanes of at least 4 members (excludes halogenated alkanes) is 2. The summed E-state index contributed by atoms with van der Waals surface area (Å²) in [5, 5.41) is 0. The van der Waals surface area contributed by atoms with E-state index in [1.165, 1.54) is 0 Å². The van der Waals surface area contributed by atoms with Crippen LogP contribution in [-0.4, -0.2) is 25.2 Å². The molecule has 0 saturated heterocycles. The molecule has 0 rings (SSSR count). The molecule has 0 aliphatic carbocycles. The highest BCUT2D eigenvalue weighted by Crippen LogP contribution is 2.05. The average molecular weight is 228 g/mol. The van der Waals surface area contributed by atoms with Crippen molar-refractivity contribution in [1.82, 2.24) is 0 Å². The van der Waals surface area contributed by atoms with Crippen molar-refractivity contribution in [3.8, 4) is 0 Å². The average Bonchev–Trinajstić information content (AvgIpc) is 2.24. The lowest BCUT2D eigenvalue weighted by Crippen LogP contribution is -2.22. The highest BCUT2D eigenvalue weighted by Gasteiger charge is 2.06. The fourth-order valence-corrected chi connectivity index (χ4v) is 1.30. The van der Waals surface area contributed by atoms with Crippen LogP contribution < -0.4 is 11.5 Å². The van der Waals surface area contributed by atoms with Gasteiger partial charge in [-0.15, -0.1) is 0 Å². The number of ether oxygens (including phenoxy) is 1. The van der Waals surface area contributed by atoms with Crippen LogP contribution in [0.5, 0.6) is 0 Å². The van der Waals surface area contributed by atoms with Gasteiger partial charge < -0.3 is 16.2 Å². The highest BCUT2D eigenvalue weighted by molar-refractivity contribution is 5.86. The third kappa shape index (κ3) is 8.44. The van der Waals surface area contributed by atoms with Gasteiger partial charge in [-0.2, -0.15) is 0 Å². The Bertz CT molecular complexity index is 217. The molecule has 0 aromatic rings. The van der Waals surface area contributed by atoms with E-state index in [1.807, 2.05) is 0 Å². The van der Waals surface area contributed by atoms with Gasteiger partial charge in [-0.25, -0.2) is 4.79 Å². The van der Waals surface area contributed by atoms with Crippen LogP contribution in [-0.2, 0) is 9.53 Å². The number of carbonyl (C=O) groups excluding carboxylic acids is 1. The molecule has 4 heteroatoms. The number of rotatable bonds is 9. The van der Waals surface area contributed by atoms with E-state index < -0.39 is 0 Å². The lowest BCUT2D eigenvalue weighted by atomic mass is 10.1. The zero-order chi connectivity index (χ0) is 12.4. The zero-order valence-corrected chi connectivity index (χ0v) is 10.2. The van der Waals surface area contributed by atoms with Crippen LogP contribution in [0.25, 0.3) is 0 Å². The van der Waals surface area contributed by atoms with E-state index in [0.717, 1.165) is 32.2 Å². The van der Waals surface area contributed by atoms with Crippen molar-refractivity contribution < 1.29 is 9.53 Å². The molecule has 0 aromatic heterocycles. The third-order valence-corrected chi connectivity index (χ3v) is 2.35. The second kappa shape index (κ2) is 9.36. The van der Waals surface area contributed by atoms with Gasteiger partial charge in [-0.3, -0.25) is 0 Å². The maximum atomic E-state index is 11.0. The SMILES string of the molecule is C=C(C)C(=O)OCCC(N)CCCCCN. The Balaban J connectivity index is 3.40.